The van der Waals surface area contributed by atoms with E-state index >= 15 is 0 Å². The molecule has 1 saturated carbocycles. The van der Waals surface area contributed by atoms with Gasteiger partial charge in [-0.05, 0) is 84.9 Å². The van der Waals surface area contributed by atoms with Crippen LogP contribution in [0.25, 0.3) is 22.4 Å². The largest absolute Gasteiger partial charge is 0.213 e. The number of benzene rings is 2. The molecule has 0 saturated heterocycles. The van der Waals surface area contributed by atoms with E-state index in [1.54, 1.807) is 5.56 Å². The Kier molecular flexibility index (Phi) is 4.57. The number of hydrogen-bond donors (Lipinski definition) is 0. The molecule has 2 aliphatic carbocycles. The molecule has 29 heavy (non-hydrogen) atoms. The summed E-state index contributed by atoms with van der Waals surface area (Å²) in [5.41, 5.74) is 14.4. The van der Waals surface area contributed by atoms with Crippen LogP contribution in [0.15, 0.2) is 42.6 Å². The van der Waals surface area contributed by atoms with Crippen LogP contribution in [0.2, 0.25) is 0 Å². The first kappa shape index (κ1) is 18.6. The number of aryl methyl sites for hydroxylation is 4. The van der Waals surface area contributed by atoms with Gasteiger partial charge in [-0.1, -0.05) is 49.6 Å². The molecule has 0 spiro atoms. The van der Waals surface area contributed by atoms with E-state index in [2.05, 4.69) is 75.0 Å². The Morgan fingerprint density at radius 1 is 0.793 bits per heavy atom. The summed E-state index contributed by atoms with van der Waals surface area (Å²) in [5, 5.41) is 0. The summed E-state index contributed by atoms with van der Waals surface area (Å²) in [6.07, 6.45) is 10.3. The van der Waals surface area contributed by atoms with Crippen LogP contribution in [0, 0.1) is 20.8 Å². The van der Waals surface area contributed by atoms with Crippen molar-refractivity contribution in [1.82, 2.24) is 0 Å². The van der Waals surface area contributed by atoms with Crippen molar-refractivity contribution in [2.75, 3.05) is 0 Å². The first-order valence-corrected chi connectivity index (χ1v) is 11.3. The van der Waals surface area contributed by atoms with E-state index in [9.17, 15) is 0 Å². The number of aromatic nitrogens is 1. The highest BCUT2D eigenvalue weighted by atomic mass is 14.9. The van der Waals surface area contributed by atoms with E-state index in [1.165, 1.54) is 82.3 Å². The van der Waals surface area contributed by atoms with E-state index < -0.39 is 0 Å². The molecule has 1 nitrogen and oxygen atoms in total. The van der Waals surface area contributed by atoms with Crippen molar-refractivity contribution < 1.29 is 4.57 Å². The zero-order chi connectivity index (χ0) is 20.1. The molecule has 1 heteroatoms. The fourth-order valence-electron chi connectivity index (χ4n) is 5.59. The van der Waals surface area contributed by atoms with Crippen molar-refractivity contribution in [2.24, 2.45) is 7.05 Å². The van der Waals surface area contributed by atoms with Gasteiger partial charge in [0.05, 0.1) is 5.56 Å². The van der Waals surface area contributed by atoms with Gasteiger partial charge in [0.1, 0.15) is 7.05 Å². The van der Waals surface area contributed by atoms with Gasteiger partial charge in [0.15, 0.2) is 6.20 Å². The molecule has 0 aliphatic heterocycles. The van der Waals surface area contributed by atoms with Gasteiger partial charge in [-0.3, -0.25) is 0 Å². The van der Waals surface area contributed by atoms with Gasteiger partial charge >= 0.3 is 0 Å². The first-order valence-electron chi connectivity index (χ1n) is 11.3. The third-order valence-corrected chi connectivity index (χ3v) is 7.38. The molecule has 1 aromatic heterocycles. The van der Waals surface area contributed by atoms with Gasteiger partial charge in [0, 0.05) is 11.6 Å². The van der Waals surface area contributed by atoms with Crippen LogP contribution in [0.5, 0.6) is 0 Å². The molecule has 3 aromatic rings. The van der Waals surface area contributed by atoms with Gasteiger partial charge in [-0.2, -0.15) is 0 Å². The second-order valence-corrected chi connectivity index (χ2v) is 9.35. The Labute approximate surface area is 175 Å². The van der Waals surface area contributed by atoms with E-state index in [-0.39, 0.29) is 0 Å². The zero-order valence-corrected chi connectivity index (χ0v) is 18.3. The molecule has 1 heterocycles. The highest BCUT2D eigenvalue weighted by Crippen LogP contribution is 2.44. The summed E-state index contributed by atoms with van der Waals surface area (Å²) in [5.74, 6) is 0.775. The van der Waals surface area contributed by atoms with Crippen molar-refractivity contribution in [3.05, 3.63) is 76.0 Å². The Balaban J connectivity index is 1.61. The summed E-state index contributed by atoms with van der Waals surface area (Å²) in [4.78, 5) is 0. The second kappa shape index (κ2) is 7.13. The van der Waals surface area contributed by atoms with Crippen molar-refractivity contribution in [3.8, 4) is 22.4 Å². The predicted molar refractivity (Wildman–Crippen MR) is 121 cm³/mol. The fourth-order valence-corrected chi connectivity index (χ4v) is 5.59. The molecular formula is C28H32N+. The molecule has 0 N–H and O–H groups in total. The van der Waals surface area contributed by atoms with Crippen molar-refractivity contribution in [1.29, 1.82) is 0 Å². The Bertz CT molecular complexity index is 1100. The molecule has 0 amide bonds. The molecule has 1 fully saturated rings. The SMILES string of the molecule is Cc1cc(-c2c(C)ccc3c2Cc2cc(C4CCCCC4)ccc2-3)[n+](C)cc1C. The molecule has 0 unspecified atom stereocenters. The molecule has 5 rings (SSSR count). The zero-order valence-electron chi connectivity index (χ0n) is 18.3. The van der Waals surface area contributed by atoms with Crippen LogP contribution in [-0.4, -0.2) is 0 Å². The number of rotatable bonds is 2. The summed E-state index contributed by atoms with van der Waals surface area (Å²) >= 11 is 0. The average molecular weight is 383 g/mol. The lowest BCUT2D eigenvalue weighted by Crippen LogP contribution is -2.32. The Morgan fingerprint density at radius 2 is 1.55 bits per heavy atom. The molecule has 0 radical (unpaired) electrons. The van der Waals surface area contributed by atoms with Crippen molar-refractivity contribution in [2.45, 2.75) is 65.2 Å². The van der Waals surface area contributed by atoms with Gasteiger partial charge in [0.2, 0.25) is 5.69 Å². The monoisotopic (exact) mass is 382 g/mol. The minimum Gasteiger partial charge on any atom is -0.201 e. The van der Waals surface area contributed by atoms with Crippen molar-refractivity contribution in [3.63, 3.8) is 0 Å². The number of hydrogen-bond acceptors (Lipinski definition) is 0. The summed E-state index contributed by atoms with van der Waals surface area (Å²) in [6, 6.07) is 14.4. The first-order chi connectivity index (χ1) is 14.0. The van der Waals surface area contributed by atoms with Crippen LogP contribution in [0.3, 0.4) is 0 Å². The van der Waals surface area contributed by atoms with Gasteiger partial charge < -0.3 is 0 Å². The minimum absolute atomic E-state index is 0.775. The van der Waals surface area contributed by atoms with Crippen LogP contribution < -0.4 is 4.57 Å². The number of nitrogens with zero attached hydrogens (tertiary/aromatic N) is 1. The second-order valence-electron chi connectivity index (χ2n) is 9.35. The van der Waals surface area contributed by atoms with Crippen molar-refractivity contribution >= 4 is 0 Å². The predicted octanol–water partition coefficient (Wildman–Crippen LogP) is 6.72. The standard InChI is InChI=1S/C28H32N/c1-18-10-12-25-24-13-11-22(21-8-6-5-7-9-21)15-23(24)16-26(25)28(18)27-14-19(2)20(3)17-29(27)4/h10-15,17,21H,5-9,16H2,1-4H3/q+1. The molecule has 148 valence electrons. The maximum atomic E-state index is 2.53. The topological polar surface area (TPSA) is 3.88 Å². The maximum Gasteiger partial charge on any atom is 0.213 e. The normalized spacial score (nSPS) is 16.0. The van der Waals surface area contributed by atoms with Crippen LogP contribution in [0.4, 0.5) is 0 Å². The Morgan fingerprint density at radius 3 is 2.34 bits per heavy atom. The maximum absolute atomic E-state index is 2.53. The van der Waals surface area contributed by atoms with E-state index in [4.69, 9.17) is 0 Å². The fraction of sp³-hybridized carbons (Fsp3) is 0.393. The third-order valence-electron chi connectivity index (χ3n) is 7.38. The number of fused-ring (bicyclic) bond motifs is 3. The van der Waals surface area contributed by atoms with Crippen LogP contribution in [0.1, 0.15) is 71.4 Å². The lowest BCUT2D eigenvalue weighted by Gasteiger charge is -2.22. The van der Waals surface area contributed by atoms with E-state index in [0.717, 1.165) is 12.3 Å². The number of pyridine rings is 1. The molecule has 0 atom stereocenters. The highest BCUT2D eigenvalue weighted by molar-refractivity contribution is 5.85. The lowest BCUT2D eigenvalue weighted by molar-refractivity contribution is -0.660. The van der Waals surface area contributed by atoms with Crippen LogP contribution in [-0.2, 0) is 13.5 Å². The van der Waals surface area contributed by atoms with Crippen LogP contribution >= 0.6 is 0 Å². The minimum atomic E-state index is 0.775. The molecular weight excluding hydrogens is 350 g/mol. The van der Waals surface area contributed by atoms with E-state index in [0.29, 0.717) is 0 Å². The average Bonchev–Trinajstić information content (AvgIpc) is 3.09. The molecule has 2 aromatic carbocycles. The van der Waals surface area contributed by atoms with Gasteiger partial charge in [-0.15, -0.1) is 0 Å². The summed E-state index contributed by atoms with van der Waals surface area (Å²) in [7, 11) is 2.18. The summed E-state index contributed by atoms with van der Waals surface area (Å²) in [6.45, 7) is 6.69. The molecule has 0 bridgehead atoms. The summed E-state index contributed by atoms with van der Waals surface area (Å²) < 4.78 is 2.31. The lowest BCUT2D eigenvalue weighted by atomic mass is 9.83. The third kappa shape index (κ3) is 3.12. The van der Waals surface area contributed by atoms with E-state index in [1.807, 2.05) is 0 Å². The quantitative estimate of drug-likeness (QED) is 0.339. The smallest absolute Gasteiger partial charge is 0.201 e. The Hall–Kier alpha value is -2.41. The van der Waals surface area contributed by atoms with Gasteiger partial charge in [0.25, 0.3) is 0 Å². The highest BCUT2D eigenvalue weighted by Gasteiger charge is 2.27. The van der Waals surface area contributed by atoms with Gasteiger partial charge in [-0.25, -0.2) is 4.57 Å². The molecule has 2 aliphatic rings.